The molecule has 24 heavy (non-hydrogen) atoms. The minimum Gasteiger partial charge on any atom is -0.493 e. The summed E-state index contributed by atoms with van der Waals surface area (Å²) in [7, 11) is 2.94. The summed E-state index contributed by atoms with van der Waals surface area (Å²) in [6.45, 7) is 1.13. The van der Waals surface area contributed by atoms with Crippen LogP contribution in [0.1, 0.15) is 26.3 Å². The van der Waals surface area contributed by atoms with Gasteiger partial charge < -0.3 is 14.2 Å². The van der Waals surface area contributed by atoms with Crippen LogP contribution < -0.4 is 9.47 Å². The average Bonchev–Trinajstić information content (AvgIpc) is 2.60. The number of carbonyl (C=O) groups excluding carboxylic acids is 2. The number of ketones is 1. The van der Waals surface area contributed by atoms with Gasteiger partial charge in [0.1, 0.15) is 5.82 Å². The van der Waals surface area contributed by atoms with Gasteiger partial charge >= 0.3 is 5.97 Å². The zero-order valence-electron chi connectivity index (χ0n) is 13.6. The SMILES string of the molecule is COc1ccc(C(=O)COC(=O)c2ccc(C)c(F)c2)cc1OC. The van der Waals surface area contributed by atoms with E-state index in [-0.39, 0.29) is 5.56 Å². The molecule has 2 rings (SSSR count). The first-order valence-electron chi connectivity index (χ1n) is 7.14. The molecule has 0 bridgehead atoms. The van der Waals surface area contributed by atoms with Gasteiger partial charge in [0.25, 0.3) is 0 Å². The highest BCUT2D eigenvalue weighted by atomic mass is 19.1. The predicted octanol–water partition coefficient (Wildman–Crippen LogP) is 3.19. The van der Waals surface area contributed by atoms with Crippen LogP contribution in [-0.4, -0.2) is 32.6 Å². The van der Waals surface area contributed by atoms with Gasteiger partial charge in [-0.15, -0.1) is 0 Å². The fourth-order valence-electron chi connectivity index (χ4n) is 2.03. The van der Waals surface area contributed by atoms with Gasteiger partial charge in [-0.2, -0.15) is 0 Å². The van der Waals surface area contributed by atoms with E-state index in [4.69, 9.17) is 14.2 Å². The van der Waals surface area contributed by atoms with Crippen LogP contribution >= 0.6 is 0 Å². The Morgan fingerprint density at radius 3 is 2.25 bits per heavy atom. The third kappa shape index (κ3) is 3.90. The number of rotatable bonds is 6. The summed E-state index contributed by atoms with van der Waals surface area (Å²) < 4.78 is 28.6. The molecule has 0 saturated heterocycles. The summed E-state index contributed by atoms with van der Waals surface area (Å²) in [5.41, 5.74) is 0.793. The number of hydrogen-bond acceptors (Lipinski definition) is 5. The van der Waals surface area contributed by atoms with Gasteiger partial charge in [0.05, 0.1) is 19.8 Å². The van der Waals surface area contributed by atoms with Crippen LogP contribution in [0, 0.1) is 12.7 Å². The van der Waals surface area contributed by atoms with Crippen LogP contribution in [0.4, 0.5) is 4.39 Å². The number of ether oxygens (including phenoxy) is 3. The molecule has 0 heterocycles. The van der Waals surface area contributed by atoms with E-state index in [0.717, 1.165) is 6.07 Å². The first-order chi connectivity index (χ1) is 11.5. The minimum absolute atomic E-state index is 0.0539. The predicted molar refractivity (Wildman–Crippen MR) is 85.3 cm³/mol. The van der Waals surface area contributed by atoms with E-state index in [2.05, 4.69) is 0 Å². The van der Waals surface area contributed by atoms with Gasteiger partial charge in [-0.05, 0) is 42.8 Å². The van der Waals surface area contributed by atoms with Crippen LogP contribution in [0.5, 0.6) is 11.5 Å². The highest BCUT2D eigenvalue weighted by Gasteiger charge is 2.15. The Labute approximate surface area is 139 Å². The van der Waals surface area contributed by atoms with E-state index in [1.54, 1.807) is 19.1 Å². The van der Waals surface area contributed by atoms with Gasteiger partial charge in [0.15, 0.2) is 23.9 Å². The van der Waals surface area contributed by atoms with Crippen LogP contribution in [0.2, 0.25) is 0 Å². The normalized spacial score (nSPS) is 10.2. The second-order valence-corrected chi connectivity index (χ2v) is 5.03. The van der Waals surface area contributed by atoms with Gasteiger partial charge in [-0.25, -0.2) is 9.18 Å². The van der Waals surface area contributed by atoms with Crippen molar-refractivity contribution in [3.05, 3.63) is 58.9 Å². The molecule has 2 aromatic rings. The van der Waals surface area contributed by atoms with Crippen molar-refractivity contribution < 1.29 is 28.2 Å². The van der Waals surface area contributed by atoms with E-state index in [1.165, 1.54) is 32.4 Å². The van der Waals surface area contributed by atoms with Crippen LogP contribution in [0.25, 0.3) is 0 Å². The van der Waals surface area contributed by atoms with Crippen molar-refractivity contribution >= 4 is 11.8 Å². The number of Topliss-reactive ketones (excluding diaryl/α,β-unsaturated/α-hetero) is 1. The second kappa shape index (κ2) is 7.59. The number of hydrogen-bond donors (Lipinski definition) is 0. The summed E-state index contributed by atoms with van der Waals surface area (Å²) >= 11 is 0. The monoisotopic (exact) mass is 332 g/mol. The lowest BCUT2D eigenvalue weighted by molar-refractivity contribution is 0.0474. The molecule has 0 spiro atoms. The number of carbonyl (C=O) groups is 2. The topological polar surface area (TPSA) is 61.8 Å². The zero-order chi connectivity index (χ0) is 17.7. The van der Waals surface area contributed by atoms with E-state index in [1.807, 2.05) is 0 Å². The lowest BCUT2D eigenvalue weighted by atomic mass is 10.1. The Bertz CT molecular complexity index is 770. The van der Waals surface area contributed by atoms with Gasteiger partial charge in [0, 0.05) is 5.56 Å². The van der Waals surface area contributed by atoms with Gasteiger partial charge in [0.2, 0.25) is 0 Å². The molecule has 0 aliphatic heterocycles. The smallest absolute Gasteiger partial charge is 0.338 e. The first kappa shape index (κ1) is 17.5. The molecule has 0 fully saturated rings. The van der Waals surface area contributed by atoms with Crippen LogP contribution in [-0.2, 0) is 4.74 Å². The van der Waals surface area contributed by atoms with Crippen LogP contribution in [0.15, 0.2) is 36.4 Å². The maximum atomic E-state index is 13.5. The van der Waals surface area contributed by atoms with Gasteiger partial charge in [-0.3, -0.25) is 4.79 Å². The van der Waals surface area contributed by atoms with E-state index in [9.17, 15) is 14.0 Å². The molecule has 6 heteroatoms. The summed E-state index contributed by atoms with van der Waals surface area (Å²) in [6.07, 6.45) is 0. The standard InChI is InChI=1S/C18H17FO5/c1-11-4-5-13(8-14(11)19)18(21)24-10-15(20)12-6-7-16(22-2)17(9-12)23-3/h4-9H,10H2,1-3H3. The van der Waals surface area contributed by atoms with Gasteiger partial charge in [-0.1, -0.05) is 6.07 Å². The molecule has 0 atom stereocenters. The summed E-state index contributed by atoms with van der Waals surface area (Å²) in [5.74, 6) is -0.785. The molecule has 0 unspecified atom stereocenters. The number of methoxy groups -OCH3 is 2. The fraction of sp³-hybridized carbons (Fsp3) is 0.222. The molecule has 0 N–H and O–H groups in total. The molecule has 0 amide bonds. The Balaban J connectivity index is 2.04. The third-order valence-corrected chi connectivity index (χ3v) is 3.45. The molecular weight excluding hydrogens is 315 g/mol. The number of benzene rings is 2. The molecule has 0 aliphatic carbocycles. The molecule has 5 nitrogen and oxygen atoms in total. The zero-order valence-corrected chi connectivity index (χ0v) is 13.6. The number of halogens is 1. The van der Waals surface area contributed by atoms with Crippen molar-refractivity contribution in [1.29, 1.82) is 0 Å². The molecule has 2 aromatic carbocycles. The van der Waals surface area contributed by atoms with Crippen molar-refractivity contribution in [1.82, 2.24) is 0 Å². The average molecular weight is 332 g/mol. The molecule has 0 saturated carbocycles. The van der Waals surface area contributed by atoms with E-state index < -0.39 is 24.2 Å². The van der Waals surface area contributed by atoms with E-state index in [0.29, 0.717) is 22.6 Å². The second-order valence-electron chi connectivity index (χ2n) is 5.03. The lowest BCUT2D eigenvalue weighted by Gasteiger charge is -2.09. The summed E-state index contributed by atoms with van der Waals surface area (Å²) in [4.78, 5) is 24.0. The highest BCUT2D eigenvalue weighted by Crippen LogP contribution is 2.27. The molecular formula is C18H17FO5. The summed E-state index contributed by atoms with van der Waals surface area (Å²) in [6, 6.07) is 8.63. The lowest BCUT2D eigenvalue weighted by Crippen LogP contribution is -2.14. The largest absolute Gasteiger partial charge is 0.493 e. The molecule has 0 radical (unpaired) electrons. The van der Waals surface area contributed by atoms with Crippen LogP contribution in [0.3, 0.4) is 0 Å². The Kier molecular flexibility index (Phi) is 5.52. The van der Waals surface area contributed by atoms with Crippen molar-refractivity contribution in [3.63, 3.8) is 0 Å². The maximum absolute atomic E-state index is 13.5. The molecule has 0 aliphatic rings. The first-order valence-corrected chi connectivity index (χ1v) is 7.14. The van der Waals surface area contributed by atoms with Crippen molar-refractivity contribution in [3.8, 4) is 11.5 Å². The van der Waals surface area contributed by atoms with E-state index >= 15 is 0 Å². The van der Waals surface area contributed by atoms with Crippen molar-refractivity contribution in [2.24, 2.45) is 0 Å². The fourth-order valence-corrected chi connectivity index (χ4v) is 2.03. The van der Waals surface area contributed by atoms with Crippen molar-refractivity contribution in [2.75, 3.05) is 20.8 Å². The Morgan fingerprint density at radius 1 is 0.958 bits per heavy atom. The highest BCUT2D eigenvalue weighted by molar-refractivity contribution is 5.99. The number of esters is 1. The maximum Gasteiger partial charge on any atom is 0.338 e. The van der Waals surface area contributed by atoms with Crippen molar-refractivity contribution in [2.45, 2.75) is 6.92 Å². The summed E-state index contributed by atoms with van der Waals surface area (Å²) in [5, 5.41) is 0. The minimum atomic E-state index is -0.761. The third-order valence-electron chi connectivity index (χ3n) is 3.45. The quantitative estimate of drug-likeness (QED) is 0.600. The molecule has 126 valence electrons. The Morgan fingerprint density at radius 2 is 1.62 bits per heavy atom. The molecule has 0 aromatic heterocycles. The Hall–Kier alpha value is -2.89. The number of aryl methyl sites for hydroxylation is 1.